The number of hydrogen-bond donors (Lipinski definition) is 0. The normalized spacial score (nSPS) is 25.2. The first kappa shape index (κ1) is 10.4. The predicted octanol–water partition coefficient (Wildman–Crippen LogP) is 5.00. The van der Waals surface area contributed by atoms with E-state index in [0.717, 1.165) is 0 Å². The molecule has 2 atom stereocenters. The molecule has 2 aromatic carbocycles. The van der Waals surface area contributed by atoms with Crippen LogP contribution in [-0.2, 0) is 0 Å². The molecule has 0 radical (unpaired) electrons. The lowest BCUT2D eigenvalue weighted by atomic mass is 9.79. The van der Waals surface area contributed by atoms with Gasteiger partial charge in [0.25, 0.3) is 0 Å². The lowest BCUT2D eigenvalue weighted by Crippen LogP contribution is -2.11. The third-order valence-corrected chi connectivity index (χ3v) is 4.81. The molecule has 3 aliphatic carbocycles. The standard InChI is InChI=1S/C20H14/c1-2-6-15-12-19-17-10-4-8-13-7-3-9-16(20(13)17)18(19)11-14(15)5-1/h1-12,16,20H. The van der Waals surface area contributed by atoms with Crippen LogP contribution >= 0.6 is 0 Å². The van der Waals surface area contributed by atoms with E-state index in [1.165, 1.54) is 33.0 Å². The maximum absolute atomic E-state index is 2.39. The Balaban J connectivity index is 1.87. The fourth-order valence-electron chi connectivity index (χ4n) is 3.93. The van der Waals surface area contributed by atoms with Crippen molar-refractivity contribution in [2.45, 2.75) is 5.92 Å². The van der Waals surface area contributed by atoms with E-state index in [-0.39, 0.29) is 0 Å². The van der Waals surface area contributed by atoms with E-state index in [0.29, 0.717) is 11.8 Å². The second kappa shape index (κ2) is 3.61. The van der Waals surface area contributed by atoms with Crippen LogP contribution in [0.5, 0.6) is 0 Å². The van der Waals surface area contributed by atoms with Crippen molar-refractivity contribution in [3.8, 4) is 0 Å². The molecule has 0 fully saturated rings. The van der Waals surface area contributed by atoms with Crippen molar-refractivity contribution < 1.29 is 0 Å². The Morgan fingerprint density at radius 1 is 0.850 bits per heavy atom. The molecule has 2 unspecified atom stereocenters. The van der Waals surface area contributed by atoms with Crippen LogP contribution in [-0.4, -0.2) is 0 Å². The first-order valence-corrected chi connectivity index (χ1v) is 7.21. The fourth-order valence-corrected chi connectivity index (χ4v) is 3.93. The van der Waals surface area contributed by atoms with Crippen LogP contribution in [0.25, 0.3) is 16.3 Å². The molecule has 2 aromatic rings. The van der Waals surface area contributed by atoms with Gasteiger partial charge in [-0.1, -0.05) is 60.7 Å². The first-order valence-electron chi connectivity index (χ1n) is 7.21. The summed E-state index contributed by atoms with van der Waals surface area (Å²) < 4.78 is 0. The Hall–Kier alpha value is -2.34. The highest BCUT2D eigenvalue weighted by atomic mass is 14.4. The monoisotopic (exact) mass is 254 g/mol. The van der Waals surface area contributed by atoms with Gasteiger partial charge in [-0.3, -0.25) is 0 Å². The smallest absolute Gasteiger partial charge is 0.0199 e. The van der Waals surface area contributed by atoms with Crippen molar-refractivity contribution in [2.75, 3.05) is 0 Å². The summed E-state index contributed by atoms with van der Waals surface area (Å²) in [7, 11) is 0. The van der Waals surface area contributed by atoms with Gasteiger partial charge in [-0.15, -0.1) is 0 Å². The lowest BCUT2D eigenvalue weighted by molar-refractivity contribution is 0.722. The fraction of sp³-hybridized carbons (Fsp3) is 0.100. The Labute approximate surface area is 118 Å². The molecule has 20 heavy (non-hydrogen) atoms. The molecule has 5 rings (SSSR count). The average Bonchev–Trinajstić information content (AvgIpc) is 2.82. The zero-order valence-electron chi connectivity index (χ0n) is 11.1. The molecule has 0 saturated heterocycles. The number of benzene rings is 2. The average molecular weight is 254 g/mol. The summed E-state index contributed by atoms with van der Waals surface area (Å²) in [6.45, 7) is 0. The molecule has 0 aliphatic heterocycles. The van der Waals surface area contributed by atoms with Crippen molar-refractivity contribution >= 4 is 16.3 Å². The van der Waals surface area contributed by atoms with Crippen molar-refractivity contribution in [1.29, 1.82) is 0 Å². The minimum Gasteiger partial charge on any atom is -0.0760 e. The Bertz CT molecular complexity index is 859. The van der Waals surface area contributed by atoms with Gasteiger partial charge in [0, 0.05) is 11.8 Å². The molecule has 0 heteroatoms. The van der Waals surface area contributed by atoms with Gasteiger partial charge >= 0.3 is 0 Å². The van der Waals surface area contributed by atoms with Gasteiger partial charge in [0.05, 0.1) is 0 Å². The summed E-state index contributed by atoms with van der Waals surface area (Å²) in [6.07, 6.45) is 13.6. The lowest BCUT2D eigenvalue weighted by Gasteiger charge is -2.24. The van der Waals surface area contributed by atoms with Crippen molar-refractivity contribution in [1.82, 2.24) is 0 Å². The Morgan fingerprint density at radius 2 is 1.70 bits per heavy atom. The zero-order chi connectivity index (χ0) is 13.1. The Morgan fingerprint density at radius 3 is 2.60 bits per heavy atom. The second-order valence-corrected chi connectivity index (χ2v) is 5.82. The van der Waals surface area contributed by atoms with Gasteiger partial charge < -0.3 is 0 Å². The SMILES string of the molecule is C1=CC2=CC=CC3c4cc5ccccc5cc4C(=C1)C23. The molecule has 0 saturated carbocycles. The van der Waals surface area contributed by atoms with Crippen LogP contribution in [0, 0.1) is 5.92 Å². The van der Waals surface area contributed by atoms with E-state index < -0.39 is 0 Å². The minimum atomic E-state index is 0.519. The summed E-state index contributed by atoms with van der Waals surface area (Å²) >= 11 is 0. The van der Waals surface area contributed by atoms with E-state index in [2.05, 4.69) is 72.9 Å². The zero-order valence-corrected chi connectivity index (χ0v) is 11.1. The van der Waals surface area contributed by atoms with E-state index >= 15 is 0 Å². The molecule has 0 amide bonds. The van der Waals surface area contributed by atoms with Gasteiger partial charge in [-0.2, -0.15) is 0 Å². The van der Waals surface area contributed by atoms with Crippen molar-refractivity contribution in [3.05, 3.63) is 89.6 Å². The number of hydrogen-bond acceptors (Lipinski definition) is 0. The molecular weight excluding hydrogens is 240 g/mol. The molecule has 0 spiro atoms. The molecule has 0 bridgehead atoms. The van der Waals surface area contributed by atoms with Gasteiger partial charge in [0.15, 0.2) is 0 Å². The van der Waals surface area contributed by atoms with Crippen LogP contribution in [0.15, 0.2) is 78.4 Å². The summed E-state index contributed by atoms with van der Waals surface area (Å²) in [4.78, 5) is 0. The minimum absolute atomic E-state index is 0.519. The predicted molar refractivity (Wildman–Crippen MR) is 84.5 cm³/mol. The van der Waals surface area contributed by atoms with E-state index in [1.54, 1.807) is 0 Å². The third-order valence-electron chi connectivity index (χ3n) is 4.81. The maximum atomic E-state index is 2.39. The highest BCUT2D eigenvalue weighted by molar-refractivity contribution is 5.92. The van der Waals surface area contributed by atoms with E-state index in [4.69, 9.17) is 0 Å². The first-order chi connectivity index (χ1) is 9.92. The van der Waals surface area contributed by atoms with Gasteiger partial charge in [0.1, 0.15) is 0 Å². The van der Waals surface area contributed by atoms with Crippen molar-refractivity contribution in [2.24, 2.45) is 5.92 Å². The summed E-state index contributed by atoms with van der Waals surface area (Å²) in [5.74, 6) is 1.06. The summed E-state index contributed by atoms with van der Waals surface area (Å²) in [6, 6.07) is 13.4. The Kier molecular flexibility index (Phi) is 1.88. The van der Waals surface area contributed by atoms with Crippen LogP contribution in [0.1, 0.15) is 17.0 Å². The van der Waals surface area contributed by atoms with E-state index in [9.17, 15) is 0 Å². The number of allylic oxidation sites excluding steroid dienone is 8. The quantitative estimate of drug-likeness (QED) is 0.620. The highest BCUT2D eigenvalue weighted by Crippen LogP contribution is 2.53. The third kappa shape index (κ3) is 1.21. The topological polar surface area (TPSA) is 0 Å². The molecule has 3 aliphatic rings. The number of rotatable bonds is 0. The molecular formula is C20H14. The van der Waals surface area contributed by atoms with Crippen LogP contribution < -0.4 is 0 Å². The molecule has 0 heterocycles. The van der Waals surface area contributed by atoms with E-state index in [1.807, 2.05) is 0 Å². The largest absolute Gasteiger partial charge is 0.0760 e. The van der Waals surface area contributed by atoms with Crippen LogP contribution in [0.2, 0.25) is 0 Å². The summed E-state index contributed by atoms with van der Waals surface area (Å²) in [5.41, 5.74) is 5.88. The van der Waals surface area contributed by atoms with Crippen LogP contribution in [0.4, 0.5) is 0 Å². The van der Waals surface area contributed by atoms with Crippen molar-refractivity contribution in [3.63, 3.8) is 0 Å². The van der Waals surface area contributed by atoms with Gasteiger partial charge in [0.2, 0.25) is 0 Å². The highest BCUT2D eigenvalue weighted by Gasteiger charge is 2.38. The molecule has 94 valence electrons. The molecule has 0 aromatic heterocycles. The van der Waals surface area contributed by atoms with Gasteiger partial charge in [-0.25, -0.2) is 0 Å². The molecule has 0 N–H and O–H groups in total. The summed E-state index contributed by atoms with van der Waals surface area (Å²) in [5, 5.41) is 2.69. The maximum Gasteiger partial charge on any atom is 0.0199 e. The number of fused-ring (bicyclic) bond motifs is 4. The van der Waals surface area contributed by atoms with Gasteiger partial charge in [-0.05, 0) is 45.2 Å². The second-order valence-electron chi connectivity index (χ2n) is 5.82. The molecule has 0 nitrogen and oxygen atoms in total. The van der Waals surface area contributed by atoms with Crippen LogP contribution in [0.3, 0.4) is 0 Å².